The zero-order valence-electron chi connectivity index (χ0n) is 31.0. The molecule has 1 aliphatic carbocycles. The second-order valence-electron chi connectivity index (χ2n) is 16.9. The van der Waals surface area contributed by atoms with Crippen LogP contribution in [-0.2, 0) is 10.8 Å². The normalized spacial score (nSPS) is 21.2. The van der Waals surface area contributed by atoms with E-state index in [1.54, 1.807) is 0 Å². The van der Waals surface area contributed by atoms with Crippen LogP contribution in [-0.4, -0.2) is 12.3 Å². The van der Waals surface area contributed by atoms with Gasteiger partial charge in [0.15, 0.2) is 0 Å². The molecule has 0 bridgehead atoms. The Balaban J connectivity index is 1.31. The highest BCUT2D eigenvalue weighted by Gasteiger charge is 2.58. The third kappa shape index (κ3) is 4.27. The Labute approximate surface area is 309 Å². The zero-order chi connectivity index (χ0) is 35.4. The van der Waals surface area contributed by atoms with Gasteiger partial charge < -0.3 is 14.7 Å². The summed E-state index contributed by atoms with van der Waals surface area (Å²) in [5.41, 5.74) is 17.1. The lowest BCUT2D eigenvalue weighted by Crippen LogP contribution is -2.61. The molecule has 0 saturated heterocycles. The maximum Gasteiger partial charge on any atom is 0.252 e. The number of anilines is 8. The van der Waals surface area contributed by atoms with Gasteiger partial charge in [-0.05, 0) is 107 Å². The summed E-state index contributed by atoms with van der Waals surface area (Å²) in [6.07, 6.45) is 4.88. The quantitative estimate of drug-likeness (QED) is 0.173. The molecule has 3 nitrogen and oxygen atoms in total. The largest absolute Gasteiger partial charge is 0.334 e. The fourth-order valence-electron chi connectivity index (χ4n) is 10.3. The Kier molecular flexibility index (Phi) is 6.75. The second kappa shape index (κ2) is 11.1. The van der Waals surface area contributed by atoms with Gasteiger partial charge in [-0.3, -0.25) is 0 Å². The van der Waals surface area contributed by atoms with Gasteiger partial charge in [-0.2, -0.15) is 0 Å². The van der Waals surface area contributed by atoms with Crippen molar-refractivity contribution in [2.75, 3.05) is 14.7 Å². The first-order valence-corrected chi connectivity index (χ1v) is 19.2. The van der Waals surface area contributed by atoms with E-state index in [2.05, 4.69) is 189 Å². The Morgan fingerprint density at radius 2 is 1.04 bits per heavy atom. The molecule has 0 radical (unpaired) electrons. The van der Waals surface area contributed by atoms with Gasteiger partial charge in [0.1, 0.15) is 0 Å². The fraction of sp³-hybridized carbons (Fsp3) is 0.250. The smallest absolute Gasteiger partial charge is 0.252 e. The van der Waals surface area contributed by atoms with Crippen LogP contribution in [0.5, 0.6) is 0 Å². The number of rotatable bonds is 3. The Bertz CT molecular complexity index is 2250. The van der Waals surface area contributed by atoms with Crippen molar-refractivity contribution in [1.29, 1.82) is 0 Å². The van der Waals surface area contributed by atoms with Gasteiger partial charge in [0.25, 0.3) is 6.71 Å². The van der Waals surface area contributed by atoms with E-state index in [1.807, 2.05) is 0 Å². The van der Waals surface area contributed by atoms with Gasteiger partial charge in [-0.25, -0.2) is 0 Å². The van der Waals surface area contributed by atoms with Crippen molar-refractivity contribution in [3.05, 3.63) is 151 Å². The molecule has 10 rings (SSSR count). The maximum absolute atomic E-state index is 2.77. The molecule has 256 valence electrons. The Morgan fingerprint density at radius 3 is 1.60 bits per heavy atom. The lowest BCUT2D eigenvalue weighted by molar-refractivity contribution is 0.195. The average Bonchev–Trinajstić information content (AvgIpc) is 3.37. The summed E-state index contributed by atoms with van der Waals surface area (Å²) < 4.78 is 0. The molecule has 2 unspecified atom stereocenters. The standard InChI is InChI=1S/C48H46BN3/c1-46(2,3)33-26-27-40-37(30-33)47(4)28-16-17-29-48(47,5)52(40)36-31-43-45-44(32-36)51(35-20-10-7-11-21-35)42-25-15-13-23-39(42)49(45)38-22-12-14-24-41(38)50(43)34-18-8-6-9-19-34/h6-15,18-27,30-32H,16-17,28-29H2,1-5H3. The van der Waals surface area contributed by atoms with Crippen molar-refractivity contribution < 1.29 is 0 Å². The predicted molar refractivity (Wildman–Crippen MR) is 222 cm³/mol. The number of hydrogen-bond acceptors (Lipinski definition) is 3. The first kappa shape index (κ1) is 31.5. The molecule has 6 aromatic carbocycles. The van der Waals surface area contributed by atoms with Crippen molar-refractivity contribution in [2.24, 2.45) is 0 Å². The summed E-state index contributed by atoms with van der Waals surface area (Å²) in [7, 11) is 0. The summed E-state index contributed by atoms with van der Waals surface area (Å²) in [6.45, 7) is 12.3. The van der Waals surface area contributed by atoms with Crippen LogP contribution in [0.2, 0.25) is 0 Å². The van der Waals surface area contributed by atoms with E-state index in [9.17, 15) is 0 Å². The van der Waals surface area contributed by atoms with Gasteiger partial charge in [0.2, 0.25) is 0 Å². The monoisotopic (exact) mass is 675 g/mol. The minimum Gasteiger partial charge on any atom is -0.334 e. The van der Waals surface area contributed by atoms with Crippen molar-refractivity contribution in [3.63, 3.8) is 0 Å². The van der Waals surface area contributed by atoms with Crippen molar-refractivity contribution in [1.82, 2.24) is 0 Å². The third-order valence-corrected chi connectivity index (χ3v) is 13.1. The molecule has 4 heteroatoms. The maximum atomic E-state index is 2.77. The molecule has 0 spiro atoms. The van der Waals surface area contributed by atoms with Gasteiger partial charge in [-0.1, -0.05) is 125 Å². The van der Waals surface area contributed by atoms with Gasteiger partial charge in [0, 0.05) is 50.9 Å². The number of benzene rings is 6. The van der Waals surface area contributed by atoms with Gasteiger partial charge >= 0.3 is 0 Å². The minimum absolute atomic E-state index is 0.0367. The van der Waals surface area contributed by atoms with Crippen molar-refractivity contribution >= 4 is 68.6 Å². The van der Waals surface area contributed by atoms with E-state index in [0.29, 0.717) is 0 Å². The summed E-state index contributed by atoms with van der Waals surface area (Å²) in [5.74, 6) is 0. The zero-order valence-corrected chi connectivity index (χ0v) is 31.0. The molecule has 1 saturated carbocycles. The molecule has 2 atom stereocenters. The van der Waals surface area contributed by atoms with Crippen LogP contribution < -0.4 is 31.1 Å². The number of nitrogens with zero attached hydrogens (tertiary/aromatic N) is 3. The Hall–Kier alpha value is -5.22. The van der Waals surface area contributed by atoms with E-state index in [1.165, 1.54) is 92.3 Å². The van der Waals surface area contributed by atoms with Crippen molar-refractivity contribution in [2.45, 2.75) is 76.7 Å². The lowest BCUT2D eigenvalue weighted by atomic mass is 9.33. The van der Waals surface area contributed by atoms with E-state index in [-0.39, 0.29) is 23.1 Å². The second-order valence-corrected chi connectivity index (χ2v) is 16.9. The molecule has 0 aromatic heterocycles. The molecule has 1 fully saturated rings. The van der Waals surface area contributed by atoms with Crippen LogP contribution in [0.4, 0.5) is 45.5 Å². The van der Waals surface area contributed by atoms with Crippen LogP contribution in [0.15, 0.2) is 140 Å². The summed E-state index contributed by atoms with van der Waals surface area (Å²) in [6, 6.07) is 52.7. The first-order valence-electron chi connectivity index (χ1n) is 19.2. The van der Waals surface area contributed by atoms with E-state index in [0.717, 1.165) is 6.42 Å². The number of fused-ring (bicyclic) bond motifs is 7. The lowest BCUT2D eigenvalue weighted by Gasteiger charge is -2.51. The molecule has 4 aliphatic rings. The molecule has 52 heavy (non-hydrogen) atoms. The number of para-hydroxylation sites is 4. The SMILES string of the molecule is CC(C)(C)c1ccc2c(c1)C1(C)CCCCC1(C)N2c1cc2c3c(c1)N(c1ccccc1)c1ccccc1B3c1ccccc1N2c1ccccc1. The van der Waals surface area contributed by atoms with Crippen LogP contribution in [0.3, 0.4) is 0 Å². The summed E-state index contributed by atoms with van der Waals surface area (Å²) in [4.78, 5) is 7.84. The van der Waals surface area contributed by atoms with Gasteiger partial charge in [-0.15, -0.1) is 0 Å². The molecular formula is C48H46BN3. The highest BCUT2D eigenvalue weighted by atomic mass is 15.3. The van der Waals surface area contributed by atoms with E-state index >= 15 is 0 Å². The fourth-order valence-corrected chi connectivity index (χ4v) is 10.3. The molecular weight excluding hydrogens is 629 g/mol. The summed E-state index contributed by atoms with van der Waals surface area (Å²) >= 11 is 0. The van der Waals surface area contributed by atoms with Gasteiger partial charge in [0.05, 0.1) is 5.54 Å². The highest BCUT2D eigenvalue weighted by molar-refractivity contribution is 7.00. The Morgan fingerprint density at radius 1 is 0.519 bits per heavy atom. The highest BCUT2D eigenvalue weighted by Crippen LogP contribution is 2.62. The van der Waals surface area contributed by atoms with Crippen LogP contribution in [0, 0.1) is 0 Å². The molecule has 6 aromatic rings. The van der Waals surface area contributed by atoms with Crippen LogP contribution >= 0.6 is 0 Å². The van der Waals surface area contributed by atoms with Crippen LogP contribution in [0.1, 0.15) is 71.4 Å². The molecule has 0 N–H and O–H groups in total. The van der Waals surface area contributed by atoms with E-state index in [4.69, 9.17) is 0 Å². The number of hydrogen-bond donors (Lipinski definition) is 0. The molecule has 3 aliphatic heterocycles. The average molecular weight is 676 g/mol. The van der Waals surface area contributed by atoms with Crippen molar-refractivity contribution in [3.8, 4) is 0 Å². The minimum atomic E-state index is -0.0707. The van der Waals surface area contributed by atoms with Crippen LogP contribution in [0.25, 0.3) is 0 Å². The third-order valence-electron chi connectivity index (χ3n) is 13.1. The molecule has 0 amide bonds. The summed E-state index contributed by atoms with van der Waals surface area (Å²) in [5, 5.41) is 0. The van der Waals surface area contributed by atoms with E-state index < -0.39 is 0 Å². The first-order chi connectivity index (χ1) is 25.2. The predicted octanol–water partition coefficient (Wildman–Crippen LogP) is 10.8. The topological polar surface area (TPSA) is 9.72 Å². The molecule has 3 heterocycles.